The molecule has 45 heavy (non-hydrogen) atoms. The van der Waals surface area contributed by atoms with Crippen molar-refractivity contribution in [3.8, 4) is 0 Å². The molecule has 4 N–H and O–H groups in total. The molecule has 0 spiro atoms. The summed E-state index contributed by atoms with van der Waals surface area (Å²) >= 11 is 0. The van der Waals surface area contributed by atoms with Crippen LogP contribution in [0.2, 0.25) is 0 Å². The largest absolute Gasteiger partial charge is 0.462 e. The van der Waals surface area contributed by atoms with Gasteiger partial charge in [-0.15, -0.1) is 0 Å². The Hall–Kier alpha value is -2.26. The molecule has 0 unspecified atom stereocenters. The molecule has 0 fully saturated rings. The van der Waals surface area contributed by atoms with E-state index in [1.807, 2.05) is 6.08 Å². The van der Waals surface area contributed by atoms with E-state index in [2.05, 4.69) is 20.8 Å². The van der Waals surface area contributed by atoms with Crippen LogP contribution in [0.5, 0.6) is 0 Å². The number of aliphatic hydroxyl groups is 4. The minimum absolute atomic E-state index is 0.0306. The zero-order chi connectivity index (χ0) is 33.5. The zero-order valence-corrected chi connectivity index (χ0v) is 28.4. The van der Waals surface area contributed by atoms with Gasteiger partial charge < -0.3 is 29.9 Å². The molecule has 0 aliphatic heterocycles. The number of ether oxygens (including phenoxy) is 2. The highest BCUT2D eigenvalue weighted by molar-refractivity contribution is 5.70. The van der Waals surface area contributed by atoms with Crippen molar-refractivity contribution in [2.24, 2.45) is 5.92 Å². The summed E-state index contributed by atoms with van der Waals surface area (Å²) in [4.78, 5) is 24.2. The number of rotatable bonds is 29. The van der Waals surface area contributed by atoms with Crippen LogP contribution in [0.15, 0.2) is 48.6 Å². The molecule has 8 nitrogen and oxygen atoms in total. The molecular weight excluding hydrogens is 572 g/mol. The van der Waals surface area contributed by atoms with Crippen molar-refractivity contribution in [3.05, 3.63) is 48.6 Å². The Morgan fingerprint density at radius 2 is 1.20 bits per heavy atom. The van der Waals surface area contributed by atoms with Gasteiger partial charge in [-0.05, 0) is 31.6 Å². The number of hydrogen-bond acceptors (Lipinski definition) is 8. The van der Waals surface area contributed by atoms with Crippen molar-refractivity contribution in [2.45, 2.75) is 154 Å². The summed E-state index contributed by atoms with van der Waals surface area (Å²) in [5, 5.41) is 39.6. The lowest BCUT2D eigenvalue weighted by atomic mass is 10.0. The third-order valence-corrected chi connectivity index (χ3v) is 7.42. The summed E-state index contributed by atoms with van der Waals surface area (Å²) in [7, 11) is 0. The van der Waals surface area contributed by atoms with Crippen LogP contribution >= 0.6 is 0 Å². The average Bonchev–Trinajstić information content (AvgIpc) is 3.01. The minimum atomic E-state index is -1.08. The molecule has 0 aromatic rings. The van der Waals surface area contributed by atoms with Gasteiger partial charge in [0, 0.05) is 12.8 Å². The maximum atomic E-state index is 12.1. The molecule has 0 saturated carbocycles. The van der Waals surface area contributed by atoms with E-state index in [4.69, 9.17) is 9.47 Å². The van der Waals surface area contributed by atoms with Crippen LogP contribution < -0.4 is 0 Å². The van der Waals surface area contributed by atoms with E-state index in [1.54, 1.807) is 36.5 Å². The molecule has 0 amide bonds. The molecule has 0 aromatic heterocycles. The highest BCUT2D eigenvalue weighted by atomic mass is 16.6. The first-order valence-corrected chi connectivity index (χ1v) is 17.4. The van der Waals surface area contributed by atoms with E-state index >= 15 is 0 Å². The molecule has 4 atom stereocenters. The fourth-order valence-corrected chi connectivity index (χ4v) is 4.59. The zero-order valence-electron chi connectivity index (χ0n) is 28.4. The van der Waals surface area contributed by atoms with Crippen molar-refractivity contribution in [2.75, 3.05) is 13.2 Å². The van der Waals surface area contributed by atoms with E-state index in [1.165, 1.54) is 44.6 Å². The number of allylic oxidation sites excluding steroid dienone is 6. The Balaban J connectivity index is 4.00. The molecule has 0 saturated heterocycles. The fourth-order valence-electron chi connectivity index (χ4n) is 4.59. The monoisotopic (exact) mass is 636 g/mol. The van der Waals surface area contributed by atoms with Gasteiger partial charge in [-0.25, -0.2) is 0 Å². The van der Waals surface area contributed by atoms with E-state index in [-0.39, 0.29) is 25.9 Å². The van der Waals surface area contributed by atoms with Gasteiger partial charge in [0.25, 0.3) is 0 Å². The molecule has 260 valence electrons. The first-order valence-electron chi connectivity index (χ1n) is 17.4. The quantitative estimate of drug-likeness (QED) is 0.0390. The topological polar surface area (TPSA) is 134 Å². The summed E-state index contributed by atoms with van der Waals surface area (Å²) in [5.74, 6) is -0.150. The summed E-state index contributed by atoms with van der Waals surface area (Å²) < 4.78 is 10.4. The van der Waals surface area contributed by atoms with E-state index in [0.29, 0.717) is 6.42 Å². The molecule has 8 heteroatoms. The van der Waals surface area contributed by atoms with E-state index < -0.39 is 43.0 Å². The Labute approximate surface area is 273 Å². The number of aliphatic hydroxyl groups excluding tert-OH is 4. The average molecular weight is 637 g/mol. The second kappa shape index (κ2) is 30.4. The lowest BCUT2D eigenvalue weighted by molar-refractivity contribution is -0.161. The molecule has 0 rings (SSSR count). The predicted molar refractivity (Wildman–Crippen MR) is 182 cm³/mol. The highest BCUT2D eigenvalue weighted by Gasteiger charge is 2.17. The van der Waals surface area contributed by atoms with Crippen LogP contribution in [0, 0.1) is 5.92 Å². The van der Waals surface area contributed by atoms with Crippen molar-refractivity contribution >= 4 is 11.9 Å². The Bertz CT molecular complexity index is 832. The predicted octanol–water partition coefficient (Wildman–Crippen LogP) is 7.05. The van der Waals surface area contributed by atoms with Crippen LogP contribution in [-0.2, 0) is 19.1 Å². The van der Waals surface area contributed by atoms with Crippen molar-refractivity contribution in [1.29, 1.82) is 0 Å². The van der Waals surface area contributed by atoms with Crippen molar-refractivity contribution in [1.82, 2.24) is 0 Å². The van der Waals surface area contributed by atoms with E-state index in [9.17, 15) is 30.0 Å². The van der Waals surface area contributed by atoms with Gasteiger partial charge in [-0.2, -0.15) is 0 Å². The number of carbonyl (C=O) groups excluding carboxylic acids is 2. The Morgan fingerprint density at radius 3 is 1.82 bits per heavy atom. The van der Waals surface area contributed by atoms with Crippen molar-refractivity contribution in [3.63, 3.8) is 0 Å². The van der Waals surface area contributed by atoms with Gasteiger partial charge in [0.1, 0.15) is 6.61 Å². The van der Waals surface area contributed by atoms with Crippen molar-refractivity contribution < 1.29 is 39.5 Å². The van der Waals surface area contributed by atoms with Crippen LogP contribution in [0.1, 0.15) is 130 Å². The highest BCUT2D eigenvalue weighted by Crippen LogP contribution is 2.14. The normalized spacial score (nSPS) is 15.0. The number of unbranched alkanes of at least 4 members (excludes halogenated alkanes) is 9. The molecule has 0 heterocycles. The van der Waals surface area contributed by atoms with Crippen LogP contribution in [0.25, 0.3) is 0 Å². The standard InChI is InChI=1S/C37H64O8/c1-4-5-16-23-32(39)24-18-13-10-11-14-19-25-34(40)35(41)26-21-28-36(42)44-30-33(29-38)45-37(43)27-20-15-9-7-6-8-12-17-22-31(2)3/h10-11,13-14,18-19,24-25,31-35,38-41H,4-9,12,15-17,20-23,26-30H2,1-3H3/b13-10-,14-11+,24-18+,25-19+/t32-,33+,34-,35-/m1/s1. The number of carbonyl (C=O) groups is 2. The first-order chi connectivity index (χ1) is 21.7. The fraction of sp³-hybridized carbons (Fsp3) is 0.730. The number of hydrogen-bond donors (Lipinski definition) is 4. The smallest absolute Gasteiger partial charge is 0.306 e. The second-order valence-electron chi connectivity index (χ2n) is 12.3. The van der Waals surface area contributed by atoms with Crippen LogP contribution in [0.4, 0.5) is 0 Å². The summed E-state index contributed by atoms with van der Waals surface area (Å²) in [6, 6.07) is 0. The molecule has 0 aromatic carbocycles. The summed E-state index contributed by atoms with van der Waals surface area (Å²) in [5.41, 5.74) is 0. The van der Waals surface area contributed by atoms with Gasteiger partial charge in [0.2, 0.25) is 0 Å². The summed E-state index contributed by atoms with van der Waals surface area (Å²) in [6.45, 7) is 5.99. The second-order valence-corrected chi connectivity index (χ2v) is 12.3. The van der Waals surface area contributed by atoms with Crippen LogP contribution in [-0.4, -0.2) is 70.0 Å². The molecule has 0 bridgehead atoms. The lowest BCUT2D eigenvalue weighted by Crippen LogP contribution is -2.28. The SMILES string of the molecule is CCCCC[C@@H](O)/C=C/C=C\C=C\C=C\[C@@H](O)[C@H](O)CCCC(=O)OC[C@H](CO)OC(=O)CCCCCCCCCCC(C)C. The molecule has 0 aliphatic carbocycles. The minimum Gasteiger partial charge on any atom is -0.462 e. The summed E-state index contributed by atoms with van der Waals surface area (Å²) in [6.07, 6.45) is 25.5. The first kappa shape index (κ1) is 42.7. The van der Waals surface area contributed by atoms with Gasteiger partial charge >= 0.3 is 11.9 Å². The Morgan fingerprint density at radius 1 is 0.644 bits per heavy atom. The molecule has 0 aliphatic rings. The van der Waals surface area contributed by atoms with Gasteiger partial charge in [0.05, 0.1) is 24.9 Å². The van der Waals surface area contributed by atoms with E-state index in [0.717, 1.165) is 50.9 Å². The maximum Gasteiger partial charge on any atom is 0.306 e. The number of esters is 2. The van der Waals surface area contributed by atoms with Gasteiger partial charge in [0.15, 0.2) is 6.10 Å². The van der Waals surface area contributed by atoms with Gasteiger partial charge in [-0.3, -0.25) is 9.59 Å². The third kappa shape index (κ3) is 28.9. The van der Waals surface area contributed by atoms with Gasteiger partial charge in [-0.1, -0.05) is 140 Å². The molecule has 0 radical (unpaired) electrons. The maximum absolute atomic E-state index is 12.1. The third-order valence-electron chi connectivity index (χ3n) is 7.42. The molecular formula is C37H64O8. The van der Waals surface area contributed by atoms with Crippen LogP contribution in [0.3, 0.4) is 0 Å². The lowest BCUT2D eigenvalue weighted by Gasteiger charge is -2.16. The Kier molecular flexibility index (Phi) is 28.9.